The first-order valence-corrected chi connectivity index (χ1v) is 7.35. The van der Waals surface area contributed by atoms with E-state index in [1.165, 1.54) is 12.1 Å². The first-order valence-electron chi connectivity index (χ1n) is 6.23. The molecule has 0 amide bonds. The Morgan fingerprint density at radius 2 is 1.95 bits per heavy atom. The number of methoxy groups -OCH3 is 1. The molecule has 2 aromatic carbocycles. The van der Waals surface area contributed by atoms with Crippen molar-refractivity contribution in [1.82, 2.24) is 0 Å². The summed E-state index contributed by atoms with van der Waals surface area (Å²) < 4.78 is 11.0. The van der Waals surface area contributed by atoms with Crippen LogP contribution in [0.1, 0.15) is 11.1 Å². The molecule has 0 aliphatic rings. The monoisotopic (exact) mass is 351 g/mol. The van der Waals surface area contributed by atoms with Crippen molar-refractivity contribution in [2.45, 2.75) is 11.9 Å². The molecule has 0 saturated heterocycles. The molecule has 0 radical (unpaired) electrons. The van der Waals surface area contributed by atoms with E-state index in [0.29, 0.717) is 16.8 Å². The van der Waals surface area contributed by atoms with Gasteiger partial charge in [0.15, 0.2) is 11.5 Å². The second kappa shape index (κ2) is 7.08. The largest absolute Gasteiger partial charge is 0.493 e. The van der Waals surface area contributed by atoms with Crippen molar-refractivity contribution in [2.24, 2.45) is 0 Å². The highest BCUT2D eigenvalue weighted by atomic mass is 79.9. The summed E-state index contributed by atoms with van der Waals surface area (Å²) in [5.74, 6) is 1.24. The van der Waals surface area contributed by atoms with Crippen LogP contribution >= 0.6 is 15.9 Å². The second-order valence-electron chi connectivity index (χ2n) is 4.33. The lowest BCUT2D eigenvalue weighted by Crippen LogP contribution is -1.99. The minimum absolute atomic E-state index is 0.0530. The highest BCUT2D eigenvalue weighted by molar-refractivity contribution is 9.08. The Morgan fingerprint density at radius 3 is 2.62 bits per heavy atom. The smallest absolute Gasteiger partial charge is 0.269 e. The predicted octanol–water partition coefficient (Wildman–Crippen LogP) is 4.08. The molecule has 5 nitrogen and oxygen atoms in total. The van der Waals surface area contributed by atoms with E-state index in [2.05, 4.69) is 15.9 Å². The fourth-order valence-electron chi connectivity index (χ4n) is 1.84. The Morgan fingerprint density at radius 1 is 1.14 bits per heavy atom. The number of ether oxygens (including phenoxy) is 2. The van der Waals surface area contributed by atoms with Crippen LogP contribution in [0.2, 0.25) is 0 Å². The van der Waals surface area contributed by atoms with E-state index in [4.69, 9.17) is 9.47 Å². The molecule has 0 saturated carbocycles. The minimum atomic E-state index is -0.421. The van der Waals surface area contributed by atoms with Crippen LogP contribution in [0.5, 0.6) is 11.5 Å². The third-order valence-electron chi connectivity index (χ3n) is 2.90. The van der Waals surface area contributed by atoms with E-state index in [1.54, 1.807) is 19.2 Å². The van der Waals surface area contributed by atoms with Gasteiger partial charge in [0.05, 0.1) is 12.0 Å². The van der Waals surface area contributed by atoms with Gasteiger partial charge < -0.3 is 9.47 Å². The van der Waals surface area contributed by atoms with Gasteiger partial charge in [0.2, 0.25) is 0 Å². The lowest BCUT2D eigenvalue weighted by molar-refractivity contribution is -0.384. The molecular formula is C15H14BrNO4. The number of nitrogens with zero attached hydrogens (tertiary/aromatic N) is 1. The van der Waals surface area contributed by atoms with Crippen molar-refractivity contribution in [3.63, 3.8) is 0 Å². The maximum Gasteiger partial charge on any atom is 0.269 e. The van der Waals surface area contributed by atoms with Gasteiger partial charge in [-0.05, 0) is 23.3 Å². The Labute approximate surface area is 130 Å². The van der Waals surface area contributed by atoms with Crippen molar-refractivity contribution in [1.29, 1.82) is 0 Å². The molecule has 0 unspecified atom stereocenters. The van der Waals surface area contributed by atoms with Crippen molar-refractivity contribution in [2.75, 3.05) is 7.11 Å². The van der Waals surface area contributed by atoms with Crippen LogP contribution in [0, 0.1) is 10.1 Å². The number of benzene rings is 2. The number of hydrogen-bond donors (Lipinski definition) is 0. The van der Waals surface area contributed by atoms with Gasteiger partial charge in [-0.25, -0.2) is 0 Å². The summed E-state index contributed by atoms with van der Waals surface area (Å²) in [6.45, 7) is 0.240. The van der Waals surface area contributed by atoms with Gasteiger partial charge >= 0.3 is 0 Å². The van der Waals surface area contributed by atoms with E-state index in [1.807, 2.05) is 18.2 Å². The SMILES string of the molecule is COc1ccc(CBr)cc1OCc1cccc([N+](=O)[O-])c1. The number of nitro groups is 1. The number of non-ortho nitro benzene ring substituents is 1. The fourth-order valence-corrected chi connectivity index (χ4v) is 2.19. The summed E-state index contributed by atoms with van der Waals surface area (Å²) in [5.41, 5.74) is 1.85. The number of nitro benzene ring substituents is 1. The maximum absolute atomic E-state index is 10.8. The summed E-state index contributed by atoms with van der Waals surface area (Å²) in [6.07, 6.45) is 0. The quantitative estimate of drug-likeness (QED) is 0.447. The molecule has 0 aliphatic carbocycles. The normalized spacial score (nSPS) is 10.2. The van der Waals surface area contributed by atoms with Crippen LogP contribution in [0.4, 0.5) is 5.69 Å². The molecule has 2 rings (SSSR count). The molecule has 0 fully saturated rings. The van der Waals surface area contributed by atoms with Crippen LogP contribution in [-0.2, 0) is 11.9 Å². The standard InChI is InChI=1S/C15H14BrNO4/c1-20-14-6-5-11(9-16)8-15(14)21-10-12-3-2-4-13(7-12)17(18)19/h2-8H,9-10H2,1H3. The van der Waals surface area contributed by atoms with Crippen molar-refractivity contribution < 1.29 is 14.4 Å². The molecule has 21 heavy (non-hydrogen) atoms. The van der Waals surface area contributed by atoms with Crippen LogP contribution < -0.4 is 9.47 Å². The average molecular weight is 352 g/mol. The number of alkyl halides is 1. The first kappa shape index (κ1) is 15.3. The van der Waals surface area contributed by atoms with Gasteiger partial charge in [-0.2, -0.15) is 0 Å². The number of hydrogen-bond acceptors (Lipinski definition) is 4. The fraction of sp³-hybridized carbons (Fsp3) is 0.200. The van der Waals surface area contributed by atoms with Crippen molar-refractivity contribution in [3.05, 3.63) is 63.7 Å². The van der Waals surface area contributed by atoms with Gasteiger partial charge in [-0.1, -0.05) is 34.1 Å². The number of halogens is 1. The van der Waals surface area contributed by atoms with E-state index >= 15 is 0 Å². The van der Waals surface area contributed by atoms with Gasteiger partial charge in [-0.3, -0.25) is 10.1 Å². The molecule has 0 spiro atoms. The van der Waals surface area contributed by atoms with E-state index in [9.17, 15) is 10.1 Å². The lowest BCUT2D eigenvalue weighted by atomic mass is 10.2. The average Bonchev–Trinajstić information content (AvgIpc) is 2.52. The molecule has 2 aromatic rings. The Bertz CT molecular complexity index is 645. The number of rotatable bonds is 6. The topological polar surface area (TPSA) is 61.6 Å². The summed E-state index contributed by atoms with van der Waals surface area (Å²) in [6, 6.07) is 12.0. The Kier molecular flexibility index (Phi) is 5.16. The molecule has 0 N–H and O–H groups in total. The van der Waals surface area contributed by atoms with Crippen LogP contribution in [0.3, 0.4) is 0 Å². The van der Waals surface area contributed by atoms with E-state index in [0.717, 1.165) is 11.1 Å². The molecule has 6 heteroatoms. The highest BCUT2D eigenvalue weighted by Crippen LogP contribution is 2.29. The van der Waals surface area contributed by atoms with Gasteiger partial charge in [0, 0.05) is 17.5 Å². The molecule has 0 aliphatic heterocycles. The third-order valence-corrected chi connectivity index (χ3v) is 3.55. The summed E-state index contributed by atoms with van der Waals surface area (Å²) >= 11 is 3.39. The Balaban J connectivity index is 2.15. The zero-order valence-corrected chi connectivity index (χ0v) is 13.0. The zero-order chi connectivity index (χ0) is 15.2. The Hall–Kier alpha value is -2.08. The highest BCUT2D eigenvalue weighted by Gasteiger charge is 2.09. The summed E-state index contributed by atoms with van der Waals surface area (Å²) in [7, 11) is 1.57. The van der Waals surface area contributed by atoms with Gasteiger partial charge in [0.1, 0.15) is 6.61 Å². The molecular weight excluding hydrogens is 338 g/mol. The van der Waals surface area contributed by atoms with E-state index < -0.39 is 4.92 Å². The van der Waals surface area contributed by atoms with Gasteiger partial charge in [-0.15, -0.1) is 0 Å². The first-order chi connectivity index (χ1) is 10.1. The van der Waals surface area contributed by atoms with Crippen molar-refractivity contribution >= 4 is 21.6 Å². The molecule has 0 aromatic heterocycles. The molecule has 110 valence electrons. The molecule has 0 bridgehead atoms. The van der Waals surface area contributed by atoms with Crippen molar-refractivity contribution in [3.8, 4) is 11.5 Å². The van der Waals surface area contributed by atoms with E-state index in [-0.39, 0.29) is 12.3 Å². The second-order valence-corrected chi connectivity index (χ2v) is 4.90. The summed E-state index contributed by atoms with van der Waals surface area (Å²) in [5, 5.41) is 11.5. The van der Waals surface area contributed by atoms with Crippen LogP contribution in [0.15, 0.2) is 42.5 Å². The third kappa shape index (κ3) is 3.95. The predicted molar refractivity (Wildman–Crippen MR) is 83.1 cm³/mol. The van der Waals surface area contributed by atoms with Crippen LogP contribution in [-0.4, -0.2) is 12.0 Å². The maximum atomic E-state index is 10.8. The van der Waals surface area contributed by atoms with Gasteiger partial charge in [0.25, 0.3) is 5.69 Å². The molecule has 0 atom stereocenters. The lowest BCUT2D eigenvalue weighted by Gasteiger charge is -2.11. The minimum Gasteiger partial charge on any atom is -0.493 e. The molecule has 0 heterocycles. The van der Waals surface area contributed by atoms with Crippen LogP contribution in [0.25, 0.3) is 0 Å². The summed E-state index contributed by atoms with van der Waals surface area (Å²) in [4.78, 5) is 10.3. The zero-order valence-electron chi connectivity index (χ0n) is 11.4.